The molecule has 1 aliphatic carbocycles. The number of hydrogen-bond acceptors (Lipinski definition) is 3. The van der Waals surface area contributed by atoms with Crippen molar-refractivity contribution in [3.8, 4) is 0 Å². The zero-order valence-electron chi connectivity index (χ0n) is 10.9. The first-order valence-electron chi connectivity index (χ1n) is 6.42. The lowest BCUT2D eigenvalue weighted by molar-refractivity contribution is -0.142. The number of ketones is 1. The van der Waals surface area contributed by atoms with Crippen molar-refractivity contribution in [2.24, 2.45) is 11.8 Å². The number of benzene rings is 2. The summed E-state index contributed by atoms with van der Waals surface area (Å²) in [5.41, 5.74) is 0.471. The number of hydrogen-bond donors (Lipinski definition) is 0. The third-order valence-electron chi connectivity index (χ3n) is 3.77. The highest BCUT2D eigenvalue weighted by Crippen LogP contribution is 2.42. The molecule has 1 aliphatic rings. The van der Waals surface area contributed by atoms with E-state index >= 15 is 0 Å². The van der Waals surface area contributed by atoms with E-state index in [1.165, 1.54) is 19.2 Å². The largest absolute Gasteiger partial charge is 0.469 e. The predicted octanol–water partition coefficient (Wildman–Crippen LogP) is 2.97. The first kappa shape index (κ1) is 12.8. The zero-order chi connectivity index (χ0) is 14.3. The van der Waals surface area contributed by atoms with Crippen molar-refractivity contribution in [3.05, 3.63) is 47.8 Å². The number of ether oxygens (including phenoxy) is 1. The van der Waals surface area contributed by atoms with Crippen LogP contribution in [0.15, 0.2) is 36.4 Å². The van der Waals surface area contributed by atoms with Crippen LogP contribution in [-0.2, 0) is 9.53 Å². The van der Waals surface area contributed by atoms with E-state index in [0.29, 0.717) is 22.8 Å². The fourth-order valence-electron chi connectivity index (χ4n) is 2.57. The normalized spacial score (nSPS) is 20.7. The van der Waals surface area contributed by atoms with Crippen molar-refractivity contribution >= 4 is 22.5 Å². The number of Topliss-reactive ketones (excluding diaryl/α,β-unsaturated/α-hetero) is 1. The maximum absolute atomic E-state index is 13.7. The number of carbonyl (C=O) groups is 2. The van der Waals surface area contributed by atoms with Crippen LogP contribution in [0.1, 0.15) is 16.8 Å². The molecule has 0 saturated heterocycles. The summed E-state index contributed by atoms with van der Waals surface area (Å²) in [6.07, 6.45) is 0.511. The molecular weight excluding hydrogens is 259 g/mol. The Labute approximate surface area is 115 Å². The van der Waals surface area contributed by atoms with Crippen LogP contribution in [0.25, 0.3) is 10.8 Å². The van der Waals surface area contributed by atoms with Crippen LogP contribution in [-0.4, -0.2) is 18.9 Å². The van der Waals surface area contributed by atoms with Crippen LogP contribution < -0.4 is 0 Å². The van der Waals surface area contributed by atoms with Gasteiger partial charge in [-0.05, 0) is 23.9 Å². The zero-order valence-corrected chi connectivity index (χ0v) is 10.9. The maximum atomic E-state index is 13.7. The van der Waals surface area contributed by atoms with Crippen LogP contribution in [0.3, 0.4) is 0 Å². The van der Waals surface area contributed by atoms with E-state index in [1.54, 1.807) is 24.3 Å². The SMILES string of the molecule is COC(=O)[C@H]1C[C@@H]1C(=O)c1ccc(F)c2ccccc12. The van der Waals surface area contributed by atoms with Crippen LogP contribution >= 0.6 is 0 Å². The van der Waals surface area contributed by atoms with E-state index in [2.05, 4.69) is 4.74 Å². The van der Waals surface area contributed by atoms with Crippen molar-refractivity contribution in [3.63, 3.8) is 0 Å². The Morgan fingerprint density at radius 1 is 1.10 bits per heavy atom. The fourth-order valence-corrected chi connectivity index (χ4v) is 2.57. The van der Waals surface area contributed by atoms with Gasteiger partial charge in [0, 0.05) is 16.9 Å². The monoisotopic (exact) mass is 272 g/mol. The van der Waals surface area contributed by atoms with E-state index in [-0.39, 0.29) is 29.4 Å². The molecule has 0 aliphatic heterocycles. The third-order valence-corrected chi connectivity index (χ3v) is 3.77. The summed E-state index contributed by atoms with van der Waals surface area (Å²) in [4.78, 5) is 23.8. The third kappa shape index (κ3) is 1.97. The lowest BCUT2D eigenvalue weighted by atomic mass is 9.98. The molecule has 2 aromatic rings. The molecule has 3 rings (SSSR count). The molecule has 0 heterocycles. The minimum atomic E-state index is -0.352. The number of rotatable bonds is 3. The Bertz CT molecular complexity index is 708. The summed E-state index contributed by atoms with van der Waals surface area (Å²) in [5.74, 6) is -1.50. The van der Waals surface area contributed by atoms with Crippen LogP contribution in [0.2, 0.25) is 0 Å². The van der Waals surface area contributed by atoms with Crippen molar-refractivity contribution in [2.75, 3.05) is 7.11 Å². The topological polar surface area (TPSA) is 43.4 Å². The Morgan fingerprint density at radius 3 is 2.50 bits per heavy atom. The number of methoxy groups -OCH3 is 1. The van der Waals surface area contributed by atoms with E-state index in [1.807, 2.05) is 0 Å². The van der Waals surface area contributed by atoms with Gasteiger partial charge in [0.05, 0.1) is 13.0 Å². The summed E-state index contributed by atoms with van der Waals surface area (Å²) in [6, 6.07) is 9.66. The summed E-state index contributed by atoms with van der Waals surface area (Å²) in [5, 5.41) is 1.02. The van der Waals surface area contributed by atoms with Crippen molar-refractivity contribution in [2.45, 2.75) is 6.42 Å². The van der Waals surface area contributed by atoms with Crippen molar-refractivity contribution in [1.82, 2.24) is 0 Å². The van der Waals surface area contributed by atoms with E-state index in [9.17, 15) is 14.0 Å². The quantitative estimate of drug-likeness (QED) is 0.637. The standard InChI is InChI=1S/C16H13FO3/c1-20-16(19)13-8-12(13)15(18)11-6-7-14(17)10-5-3-2-4-9(10)11/h2-7,12-13H,8H2,1H3/t12-,13-/m0/s1. The Balaban J connectivity index is 1.98. The second kappa shape index (κ2) is 4.71. The lowest BCUT2D eigenvalue weighted by Gasteiger charge is -2.06. The van der Waals surface area contributed by atoms with Crippen molar-refractivity contribution < 1.29 is 18.7 Å². The molecule has 0 amide bonds. The molecule has 0 bridgehead atoms. The molecule has 102 valence electrons. The van der Waals surface area contributed by atoms with Gasteiger partial charge in [-0.2, -0.15) is 0 Å². The molecule has 3 nitrogen and oxygen atoms in total. The molecule has 2 aromatic carbocycles. The van der Waals surface area contributed by atoms with E-state index in [4.69, 9.17) is 0 Å². The molecule has 20 heavy (non-hydrogen) atoms. The Morgan fingerprint density at radius 2 is 1.80 bits per heavy atom. The molecule has 0 radical (unpaired) electrons. The molecule has 4 heteroatoms. The van der Waals surface area contributed by atoms with Crippen molar-refractivity contribution in [1.29, 1.82) is 0 Å². The lowest BCUT2D eigenvalue weighted by Crippen LogP contribution is -2.10. The second-order valence-electron chi connectivity index (χ2n) is 4.98. The van der Waals surface area contributed by atoms with Gasteiger partial charge < -0.3 is 4.74 Å². The van der Waals surface area contributed by atoms with Crippen LogP contribution in [0.5, 0.6) is 0 Å². The average molecular weight is 272 g/mol. The minimum absolute atomic E-state index is 0.114. The van der Waals surface area contributed by atoms with Gasteiger partial charge >= 0.3 is 5.97 Å². The number of fused-ring (bicyclic) bond motifs is 1. The van der Waals surface area contributed by atoms with Gasteiger partial charge in [-0.3, -0.25) is 9.59 Å². The molecule has 1 saturated carbocycles. The highest BCUT2D eigenvalue weighted by Gasteiger charge is 2.49. The molecule has 0 spiro atoms. The first-order valence-corrected chi connectivity index (χ1v) is 6.42. The van der Waals surface area contributed by atoms with Gasteiger partial charge in [0.1, 0.15) is 5.82 Å². The average Bonchev–Trinajstić information content (AvgIpc) is 3.27. The smallest absolute Gasteiger partial charge is 0.309 e. The molecule has 1 fully saturated rings. The van der Waals surface area contributed by atoms with Gasteiger partial charge in [-0.1, -0.05) is 24.3 Å². The summed E-state index contributed by atoms with van der Waals surface area (Å²) in [7, 11) is 1.31. The van der Waals surface area contributed by atoms with Gasteiger partial charge in [0.25, 0.3) is 0 Å². The molecule has 0 unspecified atom stereocenters. The van der Waals surface area contributed by atoms with Gasteiger partial charge in [0.15, 0.2) is 5.78 Å². The molecule has 0 aromatic heterocycles. The van der Waals surface area contributed by atoms with Crippen LogP contribution in [0.4, 0.5) is 4.39 Å². The highest BCUT2D eigenvalue weighted by molar-refractivity contribution is 6.11. The summed E-state index contributed by atoms with van der Waals surface area (Å²) in [6.45, 7) is 0. The maximum Gasteiger partial charge on any atom is 0.309 e. The summed E-state index contributed by atoms with van der Waals surface area (Å²) >= 11 is 0. The van der Waals surface area contributed by atoms with Gasteiger partial charge in [0.2, 0.25) is 0 Å². The molecular formula is C16H13FO3. The predicted molar refractivity (Wildman–Crippen MR) is 71.8 cm³/mol. The van der Waals surface area contributed by atoms with E-state index < -0.39 is 0 Å². The number of esters is 1. The minimum Gasteiger partial charge on any atom is -0.469 e. The van der Waals surface area contributed by atoms with Gasteiger partial charge in [-0.25, -0.2) is 4.39 Å². The first-order chi connectivity index (χ1) is 9.63. The Hall–Kier alpha value is -2.23. The highest BCUT2D eigenvalue weighted by atomic mass is 19.1. The number of halogens is 1. The fraction of sp³-hybridized carbons (Fsp3) is 0.250. The number of carbonyl (C=O) groups excluding carboxylic acids is 2. The molecule has 0 N–H and O–H groups in total. The van der Waals surface area contributed by atoms with Crippen LogP contribution in [0, 0.1) is 17.7 Å². The summed E-state index contributed by atoms with van der Waals surface area (Å²) < 4.78 is 18.4. The van der Waals surface area contributed by atoms with Gasteiger partial charge in [-0.15, -0.1) is 0 Å². The van der Waals surface area contributed by atoms with E-state index in [0.717, 1.165) is 0 Å². The molecule has 2 atom stereocenters. The second-order valence-corrected chi connectivity index (χ2v) is 4.98. The Kier molecular flexibility index (Phi) is 3.01.